The van der Waals surface area contributed by atoms with Crippen molar-refractivity contribution >= 4 is 5.97 Å². The molecule has 0 atom stereocenters. The molecule has 1 aliphatic rings. The zero-order chi connectivity index (χ0) is 18.7. The third-order valence-corrected chi connectivity index (χ3v) is 5.89. The van der Waals surface area contributed by atoms with Crippen molar-refractivity contribution in [1.82, 2.24) is 0 Å². The fourth-order valence-electron chi connectivity index (χ4n) is 4.18. The molecule has 0 bridgehead atoms. The van der Waals surface area contributed by atoms with Gasteiger partial charge in [0.1, 0.15) is 0 Å². The Bertz CT molecular complexity index is 342. The Morgan fingerprint density at radius 1 is 0.692 bits per heavy atom. The molecular formula is C24H44O2. The Labute approximate surface area is 162 Å². The molecule has 0 saturated heterocycles. The molecule has 152 valence electrons. The SMILES string of the molecule is O=C(O)CCCCCCC/C=C\CCCCCCCCC1CCCCC1. The Morgan fingerprint density at radius 2 is 1.19 bits per heavy atom. The van der Waals surface area contributed by atoms with E-state index >= 15 is 0 Å². The minimum absolute atomic E-state index is 0.334. The predicted molar refractivity (Wildman–Crippen MR) is 113 cm³/mol. The first-order chi connectivity index (χ1) is 12.8. The highest BCUT2D eigenvalue weighted by Gasteiger charge is 2.12. The van der Waals surface area contributed by atoms with Crippen LogP contribution in [-0.4, -0.2) is 11.1 Å². The Hall–Kier alpha value is -0.790. The van der Waals surface area contributed by atoms with Crippen LogP contribution in [0.25, 0.3) is 0 Å². The van der Waals surface area contributed by atoms with Gasteiger partial charge in [-0.15, -0.1) is 0 Å². The molecule has 0 aromatic carbocycles. The number of hydrogen-bond acceptors (Lipinski definition) is 1. The van der Waals surface area contributed by atoms with E-state index in [0.717, 1.165) is 18.8 Å². The number of aliphatic carboxylic acids is 1. The summed E-state index contributed by atoms with van der Waals surface area (Å²) in [5.74, 6) is 0.408. The maximum Gasteiger partial charge on any atom is 0.303 e. The largest absolute Gasteiger partial charge is 0.481 e. The highest BCUT2D eigenvalue weighted by molar-refractivity contribution is 5.66. The van der Waals surface area contributed by atoms with Crippen LogP contribution in [0.5, 0.6) is 0 Å². The summed E-state index contributed by atoms with van der Waals surface area (Å²) in [4.78, 5) is 10.4. The average Bonchev–Trinajstić information content (AvgIpc) is 2.65. The summed E-state index contributed by atoms with van der Waals surface area (Å²) in [6.45, 7) is 0. The molecule has 1 rings (SSSR count). The number of carboxylic acids is 1. The number of hydrogen-bond donors (Lipinski definition) is 1. The second-order valence-corrected chi connectivity index (χ2v) is 8.37. The third-order valence-electron chi connectivity index (χ3n) is 5.89. The van der Waals surface area contributed by atoms with E-state index in [-0.39, 0.29) is 0 Å². The Morgan fingerprint density at radius 3 is 1.77 bits per heavy atom. The highest BCUT2D eigenvalue weighted by atomic mass is 16.4. The van der Waals surface area contributed by atoms with Gasteiger partial charge in [-0.05, 0) is 38.0 Å². The van der Waals surface area contributed by atoms with Crippen LogP contribution >= 0.6 is 0 Å². The van der Waals surface area contributed by atoms with Crippen LogP contribution in [-0.2, 0) is 4.79 Å². The maximum absolute atomic E-state index is 10.4. The van der Waals surface area contributed by atoms with Crippen molar-refractivity contribution in [3.63, 3.8) is 0 Å². The summed E-state index contributed by atoms with van der Waals surface area (Å²) in [7, 11) is 0. The van der Waals surface area contributed by atoms with Crippen LogP contribution in [0.3, 0.4) is 0 Å². The van der Waals surface area contributed by atoms with Crippen LogP contribution in [0.2, 0.25) is 0 Å². The van der Waals surface area contributed by atoms with E-state index in [0.29, 0.717) is 6.42 Å². The zero-order valence-electron chi connectivity index (χ0n) is 17.2. The fourth-order valence-corrected chi connectivity index (χ4v) is 4.18. The number of carboxylic acid groups (broad SMARTS) is 1. The lowest BCUT2D eigenvalue weighted by Crippen LogP contribution is -2.05. The number of carbonyl (C=O) groups is 1. The van der Waals surface area contributed by atoms with E-state index in [2.05, 4.69) is 12.2 Å². The summed E-state index contributed by atoms with van der Waals surface area (Å²) in [6.07, 6.45) is 30.6. The highest BCUT2D eigenvalue weighted by Crippen LogP contribution is 2.28. The molecule has 1 aliphatic carbocycles. The minimum atomic E-state index is -0.660. The molecule has 0 heterocycles. The van der Waals surface area contributed by atoms with Crippen molar-refractivity contribution in [3.05, 3.63) is 12.2 Å². The second-order valence-electron chi connectivity index (χ2n) is 8.37. The van der Waals surface area contributed by atoms with Gasteiger partial charge in [-0.1, -0.05) is 102 Å². The molecule has 26 heavy (non-hydrogen) atoms. The second kappa shape index (κ2) is 17.6. The Balaban J connectivity index is 1.72. The molecule has 0 aliphatic heterocycles. The van der Waals surface area contributed by atoms with Crippen molar-refractivity contribution in [2.75, 3.05) is 0 Å². The van der Waals surface area contributed by atoms with Crippen molar-refractivity contribution < 1.29 is 9.90 Å². The van der Waals surface area contributed by atoms with E-state index in [4.69, 9.17) is 5.11 Å². The van der Waals surface area contributed by atoms with Crippen molar-refractivity contribution in [2.45, 2.75) is 128 Å². The van der Waals surface area contributed by atoms with Gasteiger partial charge in [-0.3, -0.25) is 4.79 Å². The van der Waals surface area contributed by atoms with Gasteiger partial charge in [-0.25, -0.2) is 0 Å². The molecule has 0 aromatic heterocycles. The third kappa shape index (κ3) is 15.5. The van der Waals surface area contributed by atoms with E-state index in [9.17, 15) is 4.79 Å². The van der Waals surface area contributed by atoms with Crippen LogP contribution in [0.1, 0.15) is 128 Å². The lowest BCUT2D eigenvalue weighted by molar-refractivity contribution is -0.137. The quantitative estimate of drug-likeness (QED) is 0.209. The van der Waals surface area contributed by atoms with E-state index in [1.54, 1.807) is 0 Å². The van der Waals surface area contributed by atoms with Crippen molar-refractivity contribution in [1.29, 1.82) is 0 Å². The number of rotatable bonds is 17. The molecular weight excluding hydrogens is 320 g/mol. The monoisotopic (exact) mass is 364 g/mol. The van der Waals surface area contributed by atoms with E-state index < -0.39 is 5.97 Å². The minimum Gasteiger partial charge on any atom is -0.481 e. The summed E-state index contributed by atoms with van der Waals surface area (Å²) in [6, 6.07) is 0. The van der Waals surface area contributed by atoms with E-state index in [1.165, 1.54) is 109 Å². The number of unbranched alkanes of at least 4 members (excludes halogenated alkanes) is 11. The molecule has 0 aromatic rings. The van der Waals surface area contributed by atoms with Crippen LogP contribution in [0.4, 0.5) is 0 Å². The molecule has 2 nitrogen and oxygen atoms in total. The maximum atomic E-state index is 10.4. The van der Waals surface area contributed by atoms with Gasteiger partial charge in [0.15, 0.2) is 0 Å². The summed E-state index contributed by atoms with van der Waals surface area (Å²) in [5, 5.41) is 8.57. The molecule has 0 unspecified atom stereocenters. The van der Waals surface area contributed by atoms with Gasteiger partial charge >= 0.3 is 5.97 Å². The molecule has 0 amide bonds. The first-order valence-electron chi connectivity index (χ1n) is 11.7. The predicted octanol–water partition coefficient (Wildman–Crippen LogP) is 8.06. The first kappa shape index (κ1) is 23.2. The lowest BCUT2D eigenvalue weighted by Gasteiger charge is -2.21. The molecule has 1 N–H and O–H groups in total. The van der Waals surface area contributed by atoms with Gasteiger partial charge in [0.25, 0.3) is 0 Å². The molecule has 1 fully saturated rings. The van der Waals surface area contributed by atoms with Crippen LogP contribution < -0.4 is 0 Å². The molecule has 0 spiro atoms. The van der Waals surface area contributed by atoms with Gasteiger partial charge in [-0.2, -0.15) is 0 Å². The smallest absolute Gasteiger partial charge is 0.303 e. The average molecular weight is 365 g/mol. The van der Waals surface area contributed by atoms with Gasteiger partial charge in [0, 0.05) is 6.42 Å². The molecule has 0 radical (unpaired) electrons. The standard InChI is InChI=1S/C24H44O2/c25-24(26)22-18-13-11-9-7-5-3-1-2-4-6-8-10-12-15-19-23-20-16-14-17-21-23/h1,3,23H,2,4-22H2,(H,25,26)/b3-1-. The fraction of sp³-hybridized carbons (Fsp3) is 0.875. The normalized spacial score (nSPS) is 15.7. The Kier molecular flexibility index (Phi) is 15.8. The van der Waals surface area contributed by atoms with Gasteiger partial charge in [0.2, 0.25) is 0 Å². The topological polar surface area (TPSA) is 37.3 Å². The molecule has 2 heteroatoms. The van der Waals surface area contributed by atoms with Crippen LogP contribution in [0.15, 0.2) is 12.2 Å². The first-order valence-corrected chi connectivity index (χ1v) is 11.7. The van der Waals surface area contributed by atoms with E-state index in [1.807, 2.05) is 0 Å². The van der Waals surface area contributed by atoms with Gasteiger partial charge < -0.3 is 5.11 Å². The van der Waals surface area contributed by atoms with Gasteiger partial charge in [0.05, 0.1) is 0 Å². The molecule has 1 saturated carbocycles. The summed E-state index contributed by atoms with van der Waals surface area (Å²) < 4.78 is 0. The van der Waals surface area contributed by atoms with Crippen molar-refractivity contribution in [3.8, 4) is 0 Å². The van der Waals surface area contributed by atoms with Crippen molar-refractivity contribution in [2.24, 2.45) is 5.92 Å². The number of allylic oxidation sites excluding steroid dienone is 2. The lowest BCUT2D eigenvalue weighted by atomic mass is 9.85. The summed E-state index contributed by atoms with van der Waals surface area (Å²) >= 11 is 0. The summed E-state index contributed by atoms with van der Waals surface area (Å²) in [5.41, 5.74) is 0. The zero-order valence-corrected chi connectivity index (χ0v) is 17.2. The van der Waals surface area contributed by atoms with Crippen LogP contribution in [0, 0.1) is 5.92 Å².